The van der Waals surface area contributed by atoms with Crippen molar-refractivity contribution in [2.24, 2.45) is 5.92 Å². The number of benzene rings is 2. The van der Waals surface area contributed by atoms with E-state index < -0.39 is 0 Å². The maximum absolute atomic E-state index is 12.1. The Morgan fingerprint density at radius 1 is 1.08 bits per heavy atom. The van der Waals surface area contributed by atoms with Crippen molar-refractivity contribution in [3.63, 3.8) is 0 Å². The predicted octanol–water partition coefficient (Wildman–Crippen LogP) is 4.06. The van der Waals surface area contributed by atoms with Gasteiger partial charge in [0, 0.05) is 25.9 Å². The van der Waals surface area contributed by atoms with Crippen LogP contribution in [-0.2, 0) is 16.1 Å². The molecule has 3 rings (SSSR count). The summed E-state index contributed by atoms with van der Waals surface area (Å²) in [7, 11) is 0. The van der Waals surface area contributed by atoms with Gasteiger partial charge in [-0.3, -0.25) is 9.59 Å². The van der Waals surface area contributed by atoms with Crippen molar-refractivity contribution in [3.05, 3.63) is 60.2 Å². The van der Waals surface area contributed by atoms with Gasteiger partial charge in [-0.25, -0.2) is 0 Å². The number of nitrogens with zero attached hydrogens (tertiary/aromatic N) is 1. The molecule has 1 aliphatic heterocycles. The van der Waals surface area contributed by atoms with Crippen LogP contribution in [0, 0.1) is 5.92 Å². The topological polar surface area (TPSA) is 46.6 Å². The molecule has 0 unspecified atom stereocenters. The average Bonchev–Trinajstić information content (AvgIpc) is 2.60. The summed E-state index contributed by atoms with van der Waals surface area (Å²) >= 11 is 3.86. The molecular formula is C20H21NO3S. The normalized spacial score (nSPS) is 17.4. The predicted molar refractivity (Wildman–Crippen MR) is 99.7 cm³/mol. The fourth-order valence-electron chi connectivity index (χ4n) is 3.06. The number of para-hydroxylation sites is 1. The first-order chi connectivity index (χ1) is 12.1. The number of carbonyl (C=O) groups excluding carboxylic acids is 2. The van der Waals surface area contributed by atoms with Crippen LogP contribution in [0.25, 0.3) is 0 Å². The first kappa shape index (κ1) is 17.5. The van der Waals surface area contributed by atoms with Crippen molar-refractivity contribution >= 4 is 23.7 Å². The standard InChI is InChI=1S/C20H21NO3S/c22-19-11-8-16(12-20(23)25)14-21(19)13-15-6-9-18(10-7-15)24-17-4-2-1-3-5-17/h1-7,9-10,16H,8,11-14H2,(H,23,25)/t16-/m0/s1. The molecule has 2 aromatic carbocycles. The Bertz CT molecular complexity index is 730. The molecule has 0 N–H and O–H groups in total. The highest BCUT2D eigenvalue weighted by Crippen LogP contribution is 2.25. The third-order valence-electron chi connectivity index (χ3n) is 4.34. The second-order valence-corrected chi connectivity index (χ2v) is 6.83. The summed E-state index contributed by atoms with van der Waals surface area (Å²) in [5.41, 5.74) is 1.05. The smallest absolute Gasteiger partial charge is 0.222 e. The van der Waals surface area contributed by atoms with Crippen molar-refractivity contribution < 1.29 is 14.3 Å². The molecule has 130 valence electrons. The van der Waals surface area contributed by atoms with Crippen molar-refractivity contribution in [2.75, 3.05) is 6.54 Å². The summed E-state index contributed by atoms with van der Waals surface area (Å²) in [6, 6.07) is 17.4. The van der Waals surface area contributed by atoms with E-state index in [9.17, 15) is 9.59 Å². The van der Waals surface area contributed by atoms with E-state index in [0.717, 1.165) is 23.5 Å². The molecule has 1 amide bonds. The Morgan fingerprint density at radius 2 is 1.76 bits per heavy atom. The van der Waals surface area contributed by atoms with Gasteiger partial charge in [0.05, 0.1) is 0 Å². The molecule has 0 aliphatic carbocycles. The third kappa shape index (κ3) is 5.10. The minimum atomic E-state index is -0.110. The Morgan fingerprint density at radius 3 is 2.44 bits per heavy atom. The van der Waals surface area contributed by atoms with Crippen LogP contribution in [0.3, 0.4) is 0 Å². The highest BCUT2D eigenvalue weighted by Gasteiger charge is 2.26. The van der Waals surface area contributed by atoms with Crippen LogP contribution in [0.1, 0.15) is 24.8 Å². The first-order valence-electron chi connectivity index (χ1n) is 8.41. The lowest BCUT2D eigenvalue weighted by molar-refractivity contribution is -0.136. The van der Waals surface area contributed by atoms with Gasteiger partial charge in [-0.1, -0.05) is 30.3 Å². The van der Waals surface area contributed by atoms with Crippen LogP contribution in [0.5, 0.6) is 11.5 Å². The minimum absolute atomic E-state index is 0.110. The van der Waals surface area contributed by atoms with E-state index >= 15 is 0 Å². The van der Waals surface area contributed by atoms with Gasteiger partial charge in [-0.05, 0) is 42.2 Å². The SMILES string of the molecule is O=C(S)C[C@@H]1CCC(=O)N(Cc2ccc(Oc3ccccc3)cc2)C1. The van der Waals surface area contributed by atoms with E-state index in [0.29, 0.717) is 25.9 Å². The van der Waals surface area contributed by atoms with Crippen LogP contribution in [0.2, 0.25) is 0 Å². The van der Waals surface area contributed by atoms with Crippen LogP contribution in [0.15, 0.2) is 54.6 Å². The Balaban J connectivity index is 1.60. The Kier molecular flexibility index (Phi) is 5.76. The maximum Gasteiger partial charge on any atom is 0.222 e. The number of piperidine rings is 1. The molecule has 1 heterocycles. The fraction of sp³-hybridized carbons (Fsp3) is 0.300. The summed E-state index contributed by atoms with van der Waals surface area (Å²) < 4.78 is 5.78. The fourth-order valence-corrected chi connectivity index (χ4v) is 3.32. The number of carbonyl (C=O) groups is 2. The van der Waals surface area contributed by atoms with Crippen molar-refractivity contribution in [1.82, 2.24) is 4.90 Å². The van der Waals surface area contributed by atoms with E-state index in [1.165, 1.54) is 0 Å². The maximum atomic E-state index is 12.1. The highest BCUT2D eigenvalue weighted by atomic mass is 32.1. The average molecular weight is 355 g/mol. The summed E-state index contributed by atoms with van der Waals surface area (Å²) in [4.78, 5) is 25.2. The van der Waals surface area contributed by atoms with E-state index in [2.05, 4.69) is 12.6 Å². The molecular weight excluding hydrogens is 334 g/mol. The van der Waals surface area contributed by atoms with Gasteiger partial charge >= 0.3 is 0 Å². The van der Waals surface area contributed by atoms with E-state index in [1.807, 2.05) is 59.5 Å². The molecule has 1 fully saturated rings. The van der Waals surface area contributed by atoms with Gasteiger partial charge in [-0.2, -0.15) is 0 Å². The summed E-state index contributed by atoms with van der Waals surface area (Å²) in [6.45, 7) is 1.18. The quantitative estimate of drug-likeness (QED) is 0.795. The molecule has 0 saturated carbocycles. The largest absolute Gasteiger partial charge is 0.457 e. The monoisotopic (exact) mass is 355 g/mol. The second kappa shape index (κ2) is 8.21. The van der Waals surface area contributed by atoms with Crippen LogP contribution >= 0.6 is 12.6 Å². The van der Waals surface area contributed by atoms with Crippen molar-refractivity contribution in [1.29, 1.82) is 0 Å². The van der Waals surface area contributed by atoms with Gasteiger partial charge in [0.15, 0.2) is 5.12 Å². The van der Waals surface area contributed by atoms with Crippen LogP contribution in [-0.4, -0.2) is 22.5 Å². The van der Waals surface area contributed by atoms with Crippen LogP contribution < -0.4 is 4.74 Å². The van der Waals surface area contributed by atoms with Gasteiger partial charge in [-0.15, -0.1) is 12.6 Å². The zero-order valence-corrected chi connectivity index (χ0v) is 14.8. The molecule has 1 saturated heterocycles. The van der Waals surface area contributed by atoms with Gasteiger partial charge < -0.3 is 9.64 Å². The summed E-state index contributed by atoms with van der Waals surface area (Å²) in [6.07, 6.45) is 1.70. The molecule has 25 heavy (non-hydrogen) atoms. The molecule has 1 aliphatic rings. The molecule has 0 spiro atoms. The van der Waals surface area contributed by atoms with Crippen molar-refractivity contribution in [3.8, 4) is 11.5 Å². The van der Waals surface area contributed by atoms with Crippen LogP contribution in [0.4, 0.5) is 0 Å². The van der Waals surface area contributed by atoms with E-state index in [-0.39, 0.29) is 16.9 Å². The zero-order valence-electron chi connectivity index (χ0n) is 13.9. The highest BCUT2D eigenvalue weighted by molar-refractivity contribution is 7.96. The number of ether oxygens (including phenoxy) is 1. The molecule has 1 atom stereocenters. The lowest BCUT2D eigenvalue weighted by Gasteiger charge is -2.32. The molecule has 0 aromatic heterocycles. The van der Waals surface area contributed by atoms with E-state index in [1.54, 1.807) is 0 Å². The van der Waals surface area contributed by atoms with Gasteiger partial charge in [0.25, 0.3) is 0 Å². The molecule has 5 heteroatoms. The molecule has 0 bridgehead atoms. The lowest BCUT2D eigenvalue weighted by Crippen LogP contribution is -2.39. The zero-order chi connectivity index (χ0) is 17.6. The Hall–Kier alpha value is -2.27. The second-order valence-electron chi connectivity index (χ2n) is 6.34. The summed E-state index contributed by atoms with van der Waals surface area (Å²) in [5, 5.41) is -0.110. The number of rotatable bonds is 6. The molecule has 2 aromatic rings. The van der Waals surface area contributed by atoms with Crippen molar-refractivity contribution in [2.45, 2.75) is 25.8 Å². The van der Waals surface area contributed by atoms with E-state index in [4.69, 9.17) is 4.74 Å². The number of amides is 1. The first-order valence-corrected chi connectivity index (χ1v) is 8.86. The summed E-state index contributed by atoms with van der Waals surface area (Å²) in [5.74, 6) is 1.91. The number of hydrogen-bond donors (Lipinski definition) is 1. The number of hydrogen-bond acceptors (Lipinski definition) is 3. The number of thiol groups is 1. The lowest BCUT2D eigenvalue weighted by atomic mass is 9.94. The third-order valence-corrected chi connectivity index (χ3v) is 4.52. The molecule has 0 radical (unpaired) electrons. The van der Waals surface area contributed by atoms with Gasteiger partial charge in [0.1, 0.15) is 11.5 Å². The van der Waals surface area contributed by atoms with Gasteiger partial charge in [0.2, 0.25) is 5.91 Å². The number of likely N-dealkylation sites (tertiary alicyclic amines) is 1. The molecule has 4 nitrogen and oxygen atoms in total. The minimum Gasteiger partial charge on any atom is -0.457 e. The Labute approximate surface area is 153 Å².